The zero-order valence-corrected chi connectivity index (χ0v) is 22.7. The minimum atomic E-state index is -1.13. The van der Waals surface area contributed by atoms with Gasteiger partial charge in [0, 0.05) is 0 Å². The van der Waals surface area contributed by atoms with E-state index in [1.165, 1.54) is 62.1 Å². The average Bonchev–Trinajstić information content (AvgIpc) is 3.24. The van der Waals surface area contributed by atoms with Crippen LogP contribution < -0.4 is 15.3 Å². The Bertz CT molecular complexity index is 1130. The van der Waals surface area contributed by atoms with Gasteiger partial charge in [-0.1, -0.05) is 91.0 Å². The standard InChI is InChI=1S/C10H13.3C7H6O2.Ti/c1-8-6-9-4-2-3-5-10(9)7-8;3*8-7(9)6-4-2-1-3-5-6;/h6-7H,2-5H2,1H3;3*1-5H,(H,8,9);/q;;;;+3/p-3. The Morgan fingerprint density at radius 3 is 1.26 bits per heavy atom. The molecule has 3 aromatic rings. The van der Waals surface area contributed by atoms with E-state index in [-0.39, 0.29) is 16.7 Å². The SMILES string of the molecule is CC1=CC2=C(CCCC2)[CH]1[Ti+3].O=C([O-])c1ccccc1.O=C([O-])c1ccccc1.O=C([O-])c1ccccc1. The van der Waals surface area contributed by atoms with E-state index in [0.717, 1.165) is 4.22 Å². The van der Waals surface area contributed by atoms with Crippen molar-refractivity contribution >= 4 is 17.9 Å². The van der Waals surface area contributed by atoms with Gasteiger partial charge in [-0.15, -0.1) is 0 Å². The molecule has 6 nitrogen and oxygen atoms in total. The number of carboxylic acid groups (broad SMARTS) is 3. The quantitative estimate of drug-likeness (QED) is 0.467. The molecule has 0 spiro atoms. The summed E-state index contributed by atoms with van der Waals surface area (Å²) in [6.45, 7) is 2.27. The number of carboxylic acids is 3. The number of benzene rings is 3. The van der Waals surface area contributed by atoms with Crippen molar-refractivity contribution in [2.75, 3.05) is 0 Å². The van der Waals surface area contributed by atoms with Crippen LogP contribution in [0.25, 0.3) is 0 Å². The van der Waals surface area contributed by atoms with Gasteiger partial charge >= 0.3 is 80.1 Å². The number of aromatic carboxylic acids is 3. The molecule has 0 heterocycles. The molecule has 7 heteroatoms. The second-order valence-electron chi connectivity index (χ2n) is 8.54. The number of allylic oxidation sites excluding steroid dienone is 4. The summed E-state index contributed by atoms with van der Waals surface area (Å²) in [4.78, 5) is 30.3. The van der Waals surface area contributed by atoms with Crippen molar-refractivity contribution < 1.29 is 50.1 Å². The molecule has 0 aliphatic heterocycles. The van der Waals surface area contributed by atoms with Gasteiger partial charge in [-0.25, -0.2) is 0 Å². The molecule has 5 rings (SSSR count). The van der Waals surface area contributed by atoms with Crippen LogP contribution in [0, 0.1) is 0 Å². The van der Waals surface area contributed by atoms with Gasteiger partial charge in [0.05, 0.1) is 17.9 Å². The van der Waals surface area contributed by atoms with Gasteiger partial charge in [0.25, 0.3) is 0 Å². The smallest absolute Gasteiger partial charge is 0.0715 e. The maximum atomic E-state index is 10.1. The molecule has 0 radical (unpaired) electrons. The molecule has 1 atom stereocenters. The fourth-order valence-corrected chi connectivity index (χ4v) is 4.45. The first-order chi connectivity index (χ1) is 18.2. The molecule has 0 saturated carbocycles. The summed E-state index contributed by atoms with van der Waals surface area (Å²) < 4.78 is 0.769. The van der Waals surface area contributed by atoms with Gasteiger partial charge in [-0.2, -0.15) is 0 Å². The van der Waals surface area contributed by atoms with Crippen LogP contribution >= 0.6 is 0 Å². The van der Waals surface area contributed by atoms with Crippen molar-refractivity contribution in [1.29, 1.82) is 0 Å². The molecule has 0 saturated heterocycles. The fraction of sp³-hybridized carbons (Fsp3) is 0.194. The Morgan fingerprint density at radius 1 is 0.632 bits per heavy atom. The third-order valence-electron chi connectivity index (χ3n) is 5.79. The second-order valence-corrected chi connectivity index (χ2v) is 9.44. The van der Waals surface area contributed by atoms with Crippen LogP contribution in [0.15, 0.2) is 114 Å². The second kappa shape index (κ2) is 16.2. The number of rotatable bonds is 3. The maximum absolute atomic E-state index is 10.1. The van der Waals surface area contributed by atoms with E-state index in [1.54, 1.807) is 71.3 Å². The Balaban J connectivity index is 0.000000179. The topological polar surface area (TPSA) is 120 Å². The Labute approximate surface area is 234 Å². The molecule has 0 N–H and O–H groups in total. The van der Waals surface area contributed by atoms with Crippen molar-refractivity contribution in [1.82, 2.24) is 0 Å². The van der Waals surface area contributed by atoms with Gasteiger partial charge in [0.15, 0.2) is 0 Å². The Morgan fingerprint density at radius 2 is 0.974 bits per heavy atom. The summed E-state index contributed by atoms with van der Waals surface area (Å²) in [6, 6.07) is 24.2. The van der Waals surface area contributed by atoms with Crippen molar-refractivity contribution in [3.8, 4) is 0 Å². The third-order valence-corrected chi connectivity index (χ3v) is 7.04. The van der Waals surface area contributed by atoms with E-state index in [4.69, 9.17) is 0 Å². The summed E-state index contributed by atoms with van der Waals surface area (Å²) in [5.74, 6) is -3.39. The zero-order chi connectivity index (χ0) is 27.9. The Hall–Kier alpha value is -3.74. The first kappa shape index (κ1) is 30.5. The first-order valence-electron chi connectivity index (χ1n) is 12.1. The monoisotopic (exact) mass is 544 g/mol. The summed E-state index contributed by atoms with van der Waals surface area (Å²) in [5.41, 5.74) is 5.65. The van der Waals surface area contributed by atoms with Crippen LogP contribution in [0.1, 0.15) is 63.7 Å². The molecule has 2 aliphatic rings. The van der Waals surface area contributed by atoms with Gasteiger partial charge in [-0.3, -0.25) is 0 Å². The van der Waals surface area contributed by atoms with Gasteiger partial charge in [-0.05, 0) is 16.7 Å². The summed E-state index contributed by atoms with van der Waals surface area (Å²) in [6.07, 6.45) is 7.96. The van der Waals surface area contributed by atoms with Crippen LogP contribution in [0.4, 0.5) is 0 Å². The normalized spacial score (nSPS) is 15.1. The predicted molar refractivity (Wildman–Crippen MR) is 135 cm³/mol. The molecule has 1 unspecified atom stereocenters. The Kier molecular flexibility index (Phi) is 13.0. The van der Waals surface area contributed by atoms with E-state index in [0.29, 0.717) is 0 Å². The summed E-state index contributed by atoms with van der Waals surface area (Å²) >= 11 is 2.35. The van der Waals surface area contributed by atoms with Crippen molar-refractivity contribution in [3.05, 3.63) is 130 Å². The summed E-state index contributed by atoms with van der Waals surface area (Å²) in [7, 11) is 0. The van der Waals surface area contributed by atoms with Crippen molar-refractivity contribution in [2.45, 2.75) is 36.8 Å². The first-order valence-corrected chi connectivity index (χ1v) is 13.0. The number of hydrogen-bond acceptors (Lipinski definition) is 6. The predicted octanol–water partition coefficient (Wildman–Crippen LogP) is 3.30. The van der Waals surface area contributed by atoms with E-state index in [2.05, 4.69) is 33.4 Å². The number of carbonyl (C=O) groups excluding carboxylic acids is 3. The molecule has 0 fully saturated rings. The van der Waals surface area contributed by atoms with Crippen molar-refractivity contribution in [2.24, 2.45) is 0 Å². The van der Waals surface area contributed by atoms with Gasteiger partial charge in [0.1, 0.15) is 0 Å². The molecule has 0 aromatic heterocycles. The number of carbonyl (C=O) groups is 3. The minimum absolute atomic E-state index is 0.220. The van der Waals surface area contributed by atoms with Crippen LogP contribution in [0.2, 0.25) is 4.22 Å². The van der Waals surface area contributed by atoms with Crippen molar-refractivity contribution in [3.63, 3.8) is 0 Å². The van der Waals surface area contributed by atoms with Crippen LogP contribution in [-0.4, -0.2) is 17.9 Å². The fourth-order valence-electron chi connectivity index (χ4n) is 3.80. The molecule has 192 valence electrons. The largest absolute Gasteiger partial charge is 0.545 e. The van der Waals surface area contributed by atoms with E-state index < -0.39 is 17.9 Å². The van der Waals surface area contributed by atoms with E-state index in [1.807, 2.05) is 0 Å². The zero-order valence-electron chi connectivity index (χ0n) is 21.1. The van der Waals surface area contributed by atoms with Gasteiger partial charge < -0.3 is 29.7 Å². The van der Waals surface area contributed by atoms with Gasteiger partial charge in [0.2, 0.25) is 0 Å². The number of hydrogen-bond donors (Lipinski definition) is 0. The molecular formula is C31H28O6Ti. The molecule has 0 amide bonds. The van der Waals surface area contributed by atoms with Crippen LogP contribution in [-0.2, 0) is 20.4 Å². The summed E-state index contributed by atoms with van der Waals surface area (Å²) in [5, 5.41) is 30.3. The maximum Gasteiger partial charge on any atom is 0.0715 e. The van der Waals surface area contributed by atoms with E-state index in [9.17, 15) is 29.7 Å². The molecule has 2 aliphatic carbocycles. The van der Waals surface area contributed by atoms with Crippen LogP contribution in [0.5, 0.6) is 0 Å². The van der Waals surface area contributed by atoms with Crippen LogP contribution in [0.3, 0.4) is 0 Å². The molecule has 38 heavy (non-hydrogen) atoms. The minimum Gasteiger partial charge on any atom is -0.545 e. The van der Waals surface area contributed by atoms with E-state index >= 15 is 0 Å². The molecule has 0 bridgehead atoms. The third kappa shape index (κ3) is 10.3. The molecular weight excluding hydrogens is 516 g/mol. The average molecular weight is 544 g/mol. The molecule has 3 aromatic carbocycles.